The van der Waals surface area contributed by atoms with Gasteiger partial charge in [-0.15, -0.1) is 12.4 Å². The summed E-state index contributed by atoms with van der Waals surface area (Å²) in [6, 6.07) is 12.8. The predicted molar refractivity (Wildman–Crippen MR) is 115 cm³/mol. The summed E-state index contributed by atoms with van der Waals surface area (Å²) >= 11 is 0. The Morgan fingerprint density at radius 2 is 2.00 bits per heavy atom. The van der Waals surface area contributed by atoms with E-state index >= 15 is 0 Å². The lowest BCUT2D eigenvalue weighted by Crippen LogP contribution is -2.25. The molecule has 30 heavy (non-hydrogen) atoms. The van der Waals surface area contributed by atoms with Crippen molar-refractivity contribution in [2.45, 2.75) is 38.6 Å². The zero-order chi connectivity index (χ0) is 20.2. The van der Waals surface area contributed by atoms with E-state index in [1.807, 2.05) is 48.0 Å². The highest BCUT2D eigenvalue weighted by Crippen LogP contribution is 2.32. The van der Waals surface area contributed by atoms with Crippen LogP contribution in [0.25, 0.3) is 5.69 Å². The normalized spacial score (nSPS) is 18.6. The molecule has 7 heteroatoms. The minimum atomic E-state index is -0.327. The monoisotopic (exact) mass is 432 g/mol. The van der Waals surface area contributed by atoms with E-state index in [2.05, 4.69) is 4.98 Å². The molecule has 2 atom stereocenters. The molecule has 1 aliphatic heterocycles. The van der Waals surface area contributed by atoms with Crippen molar-refractivity contribution in [3.63, 3.8) is 0 Å². The molecule has 0 saturated carbocycles. The number of halogens is 2. The molecule has 0 aliphatic carbocycles. The maximum Gasteiger partial charge on any atom is 0.127 e. The molecule has 5 nitrogen and oxygen atoms in total. The highest BCUT2D eigenvalue weighted by molar-refractivity contribution is 5.85. The van der Waals surface area contributed by atoms with Gasteiger partial charge in [0.2, 0.25) is 0 Å². The van der Waals surface area contributed by atoms with Crippen molar-refractivity contribution in [3.05, 3.63) is 77.6 Å². The first kappa shape index (κ1) is 22.3. The molecule has 2 heterocycles. The van der Waals surface area contributed by atoms with Gasteiger partial charge in [-0.05, 0) is 48.7 Å². The number of hydrogen-bond acceptors (Lipinski definition) is 4. The van der Waals surface area contributed by atoms with Gasteiger partial charge in [0, 0.05) is 44.3 Å². The predicted octanol–water partition coefficient (Wildman–Crippen LogP) is 5.19. The molecule has 0 bridgehead atoms. The summed E-state index contributed by atoms with van der Waals surface area (Å²) in [5.41, 5.74) is 2.83. The Morgan fingerprint density at radius 3 is 2.70 bits per heavy atom. The summed E-state index contributed by atoms with van der Waals surface area (Å²) in [7, 11) is 1.70. The largest absolute Gasteiger partial charge is 0.489 e. The van der Waals surface area contributed by atoms with Crippen molar-refractivity contribution >= 4 is 12.4 Å². The van der Waals surface area contributed by atoms with Gasteiger partial charge in [-0.2, -0.15) is 0 Å². The average Bonchev–Trinajstić information content (AvgIpc) is 3.18. The zero-order valence-corrected chi connectivity index (χ0v) is 17.9. The molecule has 2 aromatic carbocycles. The number of hydrogen-bond donors (Lipinski definition) is 0. The van der Waals surface area contributed by atoms with Crippen LogP contribution in [-0.2, 0) is 16.1 Å². The Hall–Kier alpha value is -2.41. The van der Waals surface area contributed by atoms with Gasteiger partial charge in [-0.25, -0.2) is 9.37 Å². The van der Waals surface area contributed by atoms with Crippen LogP contribution < -0.4 is 4.74 Å². The van der Waals surface area contributed by atoms with Gasteiger partial charge >= 0.3 is 0 Å². The highest BCUT2D eigenvalue weighted by Gasteiger charge is 2.24. The van der Waals surface area contributed by atoms with Gasteiger partial charge in [0.05, 0.1) is 12.2 Å². The number of rotatable bonds is 6. The van der Waals surface area contributed by atoms with Crippen LogP contribution in [0, 0.1) is 12.7 Å². The average molecular weight is 433 g/mol. The molecule has 0 amide bonds. The minimum Gasteiger partial charge on any atom is -0.489 e. The maximum atomic E-state index is 14.2. The van der Waals surface area contributed by atoms with Gasteiger partial charge < -0.3 is 18.8 Å². The molecule has 1 aliphatic rings. The fourth-order valence-corrected chi connectivity index (χ4v) is 3.64. The summed E-state index contributed by atoms with van der Waals surface area (Å²) in [5.74, 6) is 1.10. The molecule has 1 aromatic heterocycles. The van der Waals surface area contributed by atoms with Gasteiger partial charge in [-0.1, -0.05) is 12.1 Å². The Labute approximate surface area is 182 Å². The SMILES string of the molecule is COC1CCOC(c2cc(F)cc(OCc3ccc(-n4ccnc4C)cc3)c2)C1.Cl. The second-order valence-electron chi connectivity index (χ2n) is 7.26. The van der Waals surface area contributed by atoms with Crippen molar-refractivity contribution in [1.29, 1.82) is 0 Å². The van der Waals surface area contributed by atoms with E-state index in [0.29, 0.717) is 25.4 Å². The summed E-state index contributed by atoms with van der Waals surface area (Å²) in [6.45, 7) is 2.93. The van der Waals surface area contributed by atoms with Crippen LogP contribution >= 0.6 is 12.4 Å². The Bertz CT molecular complexity index is 961. The van der Waals surface area contributed by atoms with Crippen LogP contribution in [0.15, 0.2) is 54.9 Å². The van der Waals surface area contributed by atoms with E-state index in [9.17, 15) is 4.39 Å². The van der Waals surface area contributed by atoms with Crippen LogP contribution in [0.1, 0.15) is 35.9 Å². The smallest absolute Gasteiger partial charge is 0.127 e. The third-order valence-electron chi connectivity index (χ3n) is 5.28. The molecule has 3 aromatic rings. The van der Waals surface area contributed by atoms with Crippen molar-refractivity contribution in [1.82, 2.24) is 9.55 Å². The fraction of sp³-hybridized carbons (Fsp3) is 0.348. The van der Waals surface area contributed by atoms with Gasteiger partial charge in [0.25, 0.3) is 0 Å². The van der Waals surface area contributed by atoms with Crippen molar-refractivity contribution in [2.75, 3.05) is 13.7 Å². The molecule has 1 saturated heterocycles. The van der Waals surface area contributed by atoms with Crippen LogP contribution in [0.5, 0.6) is 5.75 Å². The van der Waals surface area contributed by atoms with E-state index in [4.69, 9.17) is 14.2 Å². The van der Waals surface area contributed by atoms with Gasteiger partial charge in [0.15, 0.2) is 0 Å². The van der Waals surface area contributed by atoms with Crippen molar-refractivity contribution in [2.24, 2.45) is 0 Å². The lowest BCUT2D eigenvalue weighted by molar-refractivity contribution is -0.0600. The Morgan fingerprint density at radius 1 is 1.20 bits per heavy atom. The van der Waals surface area contributed by atoms with Crippen molar-refractivity contribution < 1.29 is 18.6 Å². The molecule has 160 valence electrons. The number of imidazole rings is 1. The lowest BCUT2D eigenvalue weighted by atomic mass is 9.99. The van der Waals surface area contributed by atoms with E-state index < -0.39 is 0 Å². The standard InChI is InChI=1S/C23H25FN2O3.ClH/c1-16-25-8-9-26(16)20-5-3-17(4-6-20)15-29-22-12-18(11-19(24)13-22)23-14-21(27-2)7-10-28-23;/h3-6,8-9,11-13,21,23H,7,10,14-15H2,1-2H3;1H. The first-order chi connectivity index (χ1) is 14.1. The van der Waals surface area contributed by atoms with Crippen molar-refractivity contribution in [3.8, 4) is 11.4 Å². The van der Waals surface area contributed by atoms with E-state index in [1.54, 1.807) is 13.3 Å². The quantitative estimate of drug-likeness (QED) is 0.538. The van der Waals surface area contributed by atoms with E-state index in [-0.39, 0.29) is 30.4 Å². The molecule has 0 radical (unpaired) electrons. The molecule has 4 rings (SSSR count). The highest BCUT2D eigenvalue weighted by atomic mass is 35.5. The van der Waals surface area contributed by atoms with Crippen LogP contribution in [0.3, 0.4) is 0 Å². The molecule has 0 spiro atoms. The maximum absolute atomic E-state index is 14.2. The summed E-state index contributed by atoms with van der Waals surface area (Å²) in [5, 5.41) is 0. The van der Waals surface area contributed by atoms with Crippen LogP contribution in [0.2, 0.25) is 0 Å². The molecule has 0 N–H and O–H groups in total. The number of benzene rings is 2. The van der Waals surface area contributed by atoms with E-state index in [1.165, 1.54) is 12.1 Å². The molecular weight excluding hydrogens is 407 g/mol. The molecular formula is C23H26ClFN2O3. The minimum absolute atomic E-state index is 0. The summed E-state index contributed by atoms with van der Waals surface area (Å²) < 4.78 is 33.3. The summed E-state index contributed by atoms with van der Waals surface area (Å²) in [4.78, 5) is 4.24. The summed E-state index contributed by atoms with van der Waals surface area (Å²) in [6.07, 6.45) is 5.24. The third-order valence-corrected chi connectivity index (χ3v) is 5.28. The van der Waals surface area contributed by atoms with Crippen LogP contribution in [0.4, 0.5) is 4.39 Å². The topological polar surface area (TPSA) is 45.5 Å². The number of nitrogens with zero attached hydrogens (tertiary/aromatic N) is 2. The third kappa shape index (κ3) is 5.19. The zero-order valence-electron chi connectivity index (χ0n) is 17.1. The number of methoxy groups -OCH3 is 1. The van der Waals surface area contributed by atoms with Crippen LogP contribution in [-0.4, -0.2) is 29.4 Å². The number of aromatic nitrogens is 2. The van der Waals surface area contributed by atoms with Gasteiger partial charge in [0.1, 0.15) is 24.0 Å². The number of aryl methyl sites for hydroxylation is 1. The fourth-order valence-electron chi connectivity index (χ4n) is 3.64. The Balaban J connectivity index is 0.00000256. The first-order valence-electron chi connectivity index (χ1n) is 9.79. The molecule has 1 fully saturated rings. The molecule has 2 unspecified atom stereocenters. The second-order valence-corrected chi connectivity index (χ2v) is 7.26. The van der Waals surface area contributed by atoms with E-state index in [0.717, 1.165) is 29.1 Å². The first-order valence-corrected chi connectivity index (χ1v) is 9.79. The second kappa shape index (κ2) is 10.1. The number of ether oxygens (including phenoxy) is 3. The Kier molecular flexibility index (Phi) is 7.48. The van der Waals surface area contributed by atoms with Gasteiger partial charge in [-0.3, -0.25) is 0 Å². The lowest BCUT2D eigenvalue weighted by Gasteiger charge is -2.29.